The van der Waals surface area contributed by atoms with Crippen molar-refractivity contribution in [3.05, 3.63) is 28.5 Å². The number of carbonyl (C=O) groups is 2. The van der Waals surface area contributed by atoms with Crippen LogP contribution in [0.25, 0.3) is 0 Å². The van der Waals surface area contributed by atoms with E-state index in [-0.39, 0.29) is 28.9 Å². The van der Waals surface area contributed by atoms with Crippen molar-refractivity contribution in [3.8, 4) is 0 Å². The predicted molar refractivity (Wildman–Crippen MR) is 88.9 cm³/mol. The van der Waals surface area contributed by atoms with E-state index in [1.165, 1.54) is 0 Å². The van der Waals surface area contributed by atoms with Gasteiger partial charge in [0.1, 0.15) is 5.15 Å². The van der Waals surface area contributed by atoms with E-state index in [1.807, 2.05) is 6.92 Å². The maximum atomic E-state index is 12.6. The number of nitrogens with one attached hydrogen (secondary N) is 1. The molecule has 3 unspecified atom stereocenters. The molecule has 0 radical (unpaired) electrons. The zero-order valence-corrected chi connectivity index (χ0v) is 14.3. The molecule has 1 amide bonds. The van der Waals surface area contributed by atoms with Gasteiger partial charge in [-0.05, 0) is 68.9 Å². The quantitative estimate of drug-likeness (QED) is 0.823. The van der Waals surface area contributed by atoms with E-state index in [2.05, 4.69) is 10.3 Å². The van der Waals surface area contributed by atoms with Gasteiger partial charge in [-0.1, -0.05) is 11.6 Å². The van der Waals surface area contributed by atoms with Gasteiger partial charge in [0.25, 0.3) is 5.91 Å². The van der Waals surface area contributed by atoms with Crippen LogP contribution < -0.4 is 5.32 Å². The topological polar surface area (TPSA) is 79.3 Å². The monoisotopic (exact) mass is 348 g/mol. The number of carbonyl (C=O) groups excluding carboxylic acids is 1. The van der Waals surface area contributed by atoms with Gasteiger partial charge < -0.3 is 10.4 Å². The number of carboxylic acids is 1. The summed E-state index contributed by atoms with van der Waals surface area (Å²) in [6.45, 7) is 1.83. The van der Waals surface area contributed by atoms with Crippen molar-refractivity contribution in [1.82, 2.24) is 10.3 Å². The Morgan fingerprint density at radius 1 is 1.25 bits per heavy atom. The van der Waals surface area contributed by atoms with Crippen LogP contribution in [-0.2, 0) is 4.79 Å². The number of carboxylic acid groups (broad SMARTS) is 1. The molecule has 4 aliphatic rings. The lowest BCUT2D eigenvalue weighted by Crippen LogP contribution is -2.61. The Balaban J connectivity index is 1.54. The SMILES string of the molecule is Cc1ccc(C(=O)N[C@@H]2C3CC4C[C@@H]2CC(C(=O)O)(C4)C3)c(Cl)n1. The number of aliphatic carboxylic acids is 1. The fourth-order valence-electron chi connectivity index (χ4n) is 5.45. The summed E-state index contributed by atoms with van der Waals surface area (Å²) < 4.78 is 0. The Morgan fingerprint density at radius 3 is 2.50 bits per heavy atom. The van der Waals surface area contributed by atoms with Gasteiger partial charge >= 0.3 is 5.97 Å². The third-order valence-corrected chi connectivity index (χ3v) is 6.55. The summed E-state index contributed by atoms with van der Waals surface area (Å²) in [5.74, 6) is 0.158. The molecule has 2 N–H and O–H groups in total. The number of aryl methyl sites for hydroxylation is 1. The van der Waals surface area contributed by atoms with Crippen molar-refractivity contribution in [1.29, 1.82) is 0 Å². The predicted octanol–water partition coefficient (Wildman–Crippen LogP) is 3.05. The van der Waals surface area contributed by atoms with Crippen LogP contribution in [0.2, 0.25) is 5.15 Å². The lowest BCUT2D eigenvalue weighted by molar-refractivity contribution is -0.166. The molecule has 128 valence electrons. The van der Waals surface area contributed by atoms with Crippen LogP contribution in [0, 0.1) is 30.1 Å². The molecule has 4 fully saturated rings. The minimum atomic E-state index is -0.655. The second-order valence-corrected chi connectivity index (χ2v) is 8.20. The first-order valence-corrected chi connectivity index (χ1v) is 8.93. The molecule has 0 aliphatic heterocycles. The molecule has 5 rings (SSSR count). The molecule has 6 heteroatoms. The Kier molecular flexibility index (Phi) is 3.60. The minimum absolute atomic E-state index is 0.0545. The largest absolute Gasteiger partial charge is 0.481 e. The average Bonchev–Trinajstić information content (AvgIpc) is 2.50. The number of pyridine rings is 1. The van der Waals surface area contributed by atoms with Gasteiger partial charge in [-0.25, -0.2) is 4.98 Å². The minimum Gasteiger partial charge on any atom is -0.481 e. The van der Waals surface area contributed by atoms with Gasteiger partial charge in [-0.15, -0.1) is 0 Å². The zero-order chi connectivity index (χ0) is 17.1. The summed E-state index contributed by atoms with van der Waals surface area (Å²) in [6, 6.07) is 3.53. The molecular weight excluding hydrogens is 328 g/mol. The van der Waals surface area contributed by atoms with E-state index in [0.29, 0.717) is 24.3 Å². The fourth-order valence-corrected chi connectivity index (χ4v) is 5.73. The van der Waals surface area contributed by atoms with Crippen LogP contribution in [0.15, 0.2) is 12.1 Å². The summed E-state index contributed by atoms with van der Waals surface area (Å²) in [5.41, 5.74) is 0.611. The number of amides is 1. The van der Waals surface area contributed by atoms with Crippen LogP contribution in [0.1, 0.15) is 48.2 Å². The molecule has 1 aromatic rings. The lowest BCUT2D eigenvalue weighted by Gasteiger charge is -2.58. The van der Waals surface area contributed by atoms with Crippen molar-refractivity contribution in [2.45, 2.75) is 45.1 Å². The Bertz CT molecular complexity index is 704. The summed E-state index contributed by atoms with van der Waals surface area (Å²) in [7, 11) is 0. The van der Waals surface area contributed by atoms with Crippen molar-refractivity contribution < 1.29 is 14.7 Å². The van der Waals surface area contributed by atoms with E-state index in [0.717, 1.165) is 25.0 Å². The van der Waals surface area contributed by atoms with E-state index in [1.54, 1.807) is 12.1 Å². The van der Waals surface area contributed by atoms with Crippen LogP contribution in [0.5, 0.6) is 0 Å². The first-order chi connectivity index (χ1) is 11.4. The first-order valence-electron chi connectivity index (χ1n) is 8.55. The van der Waals surface area contributed by atoms with E-state index < -0.39 is 11.4 Å². The number of hydrogen-bond donors (Lipinski definition) is 2. The summed E-state index contributed by atoms with van der Waals surface area (Å²) in [5, 5.41) is 13.0. The second kappa shape index (κ2) is 5.45. The Labute approximate surface area is 145 Å². The molecule has 1 aromatic heterocycles. The third kappa shape index (κ3) is 2.41. The van der Waals surface area contributed by atoms with Crippen molar-refractivity contribution in [3.63, 3.8) is 0 Å². The van der Waals surface area contributed by atoms with Gasteiger partial charge in [0.2, 0.25) is 0 Å². The molecule has 4 bridgehead atoms. The fraction of sp³-hybridized carbons (Fsp3) is 0.611. The van der Waals surface area contributed by atoms with Crippen LogP contribution in [0.4, 0.5) is 0 Å². The van der Waals surface area contributed by atoms with Gasteiger partial charge in [0.05, 0.1) is 11.0 Å². The third-order valence-electron chi connectivity index (χ3n) is 6.26. The van der Waals surface area contributed by atoms with E-state index >= 15 is 0 Å². The summed E-state index contributed by atoms with van der Waals surface area (Å²) >= 11 is 6.11. The molecule has 4 aliphatic carbocycles. The molecule has 4 saturated carbocycles. The number of nitrogens with zero attached hydrogens (tertiary/aromatic N) is 1. The molecule has 0 saturated heterocycles. The molecule has 5 nitrogen and oxygen atoms in total. The maximum absolute atomic E-state index is 12.6. The highest BCUT2D eigenvalue weighted by Crippen LogP contribution is 2.60. The van der Waals surface area contributed by atoms with Gasteiger partial charge in [0.15, 0.2) is 0 Å². The smallest absolute Gasteiger partial charge is 0.309 e. The van der Waals surface area contributed by atoms with Crippen molar-refractivity contribution in [2.75, 3.05) is 0 Å². The standard InChI is InChI=1S/C18H21ClN2O3/c1-9-2-3-13(15(19)20-9)16(22)21-14-11-4-10-5-12(14)8-18(6-10,7-11)17(23)24/h2-3,10-12,14H,4-8H2,1H3,(H,21,22)(H,23,24)/t10?,11-,12?,14+,18?/m1/s1. The zero-order valence-electron chi connectivity index (χ0n) is 13.6. The van der Waals surface area contributed by atoms with Gasteiger partial charge in [-0.2, -0.15) is 0 Å². The number of halogens is 1. The van der Waals surface area contributed by atoms with E-state index in [9.17, 15) is 14.7 Å². The van der Waals surface area contributed by atoms with Crippen molar-refractivity contribution >= 4 is 23.5 Å². The maximum Gasteiger partial charge on any atom is 0.309 e. The average molecular weight is 349 g/mol. The molecule has 1 heterocycles. The second-order valence-electron chi connectivity index (χ2n) is 7.85. The number of hydrogen-bond acceptors (Lipinski definition) is 3. The normalized spacial score (nSPS) is 36.6. The van der Waals surface area contributed by atoms with Crippen LogP contribution >= 0.6 is 11.6 Å². The number of aromatic nitrogens is 1. The van der Waals surface area contributed by atoms with Gasteiger partial charge in [-0.3, -0.25) is 9.59 Å². The first kappa shape index (κ1) is 15.9. The highest BCUT2D eigenvalue weighted by atomic mass is 35.5. The lowest BCUT2D eigenvalue weighted by atomic mass is 9.48. The number of rotatable bonds is 3. The summed E-state index contributed by atoms with van der Waals surface area (Å²) in [4.78, 5) is 28.5. The molecular formula is C18H21ClN2O3. The molecule has 24 heavy (non-hydrogen) atoms. The molecule has 5 atom stereocenters. The van der Waals surface area contributed by atoms with Crippen LogP contribution in [-0.4, -0.2) is 28.0 Å². The van der Waals surface area contributed by atoms with Crippen LogP contribution in [0.3, 0.4) is 0 Å². The highest BCUT2D eigenvalue weighted by molar-refractivity contribution is 6.32. The summed E-state index contributed by atoms with van der Waals surface area (Å²) in [6.07, 6.45) is 4.22. The molecule has 0 aromatic carbocycles. The Morgan fingerprint density at radius 2 is 1.92 bits per heavy atom. The highest BCUT2D eigenvalue weighted by Gasteiger charge is 2.58. The van der Waals surface area contributed by atoms with Gasteiger partial charge in [0, 0.05) is 11.7 Å². The van der Waals surface area contributed by atoms with E-state index in [4.69, 9.17) is 11.6 Å². The Hall–Kier alpha value is -1.62. The van der Waals surface area contributed by atoms with Crippen molar-refractivity contribution in [2.24, 2.45) is 23.2 Å². The molecule has 0 spiro atoms.